The van der Waals surface area contributed by atoms with Crippen molar-refractivity contribution in [3.8, 4) is 34.8 Å². The molecular formula is C44H41F3N4O10S. The second-order valence-electron chi connectivity index (χ2n) is 15.4. The molecular weight excluding hydrogens is 834 g/mol. The van der Waals surface area contributed by atoms with Crippen LogP contribution in [-0.4, -0.2) is 96.8 Å². The van der Waals surface area contributed by atoms with Gasteiger partial charge in [0.25, 0.3) is 0 Å². The van der Waals surface area contributed by atoms with Gasteiger partial charge in [0.1, 0.15) is 24.4 Å². The summed E-state index contributed by atoms with van der Waals surface area (Å²) in [5, 5.41) is 12.1. The smallest absolute Gasteiger partial charge is 0.471 e. The van der Waals surface area contributed by atoms with E-state index < -0.39 is 83.9 Å². The largest absolute Gasteiger partial charge is 0.493 e. The van der Waals surface area contributed by atoms with Crippen LogP contribution in [0.2, 0.25) is 0 Å². The van der Waals surface area contributed by atoms with Crippen molar-refractivity contribution in [3.63, 3.8) is 0 Å². The number of hydrogen-bond donors (Lipinski definition) is 1. The van der Waals surface area contributed by atoms with Crippen LogP contribution >= 0.6 is 11.8 Å². The summed E-state index contributed by atoms with van der Waals surface area (Å²) >= 11 is 1.01. The van der Waals surface area contributed by atoms with Gasteiger partial charge in [-0.2, -0.15) is 18.4 Å². The molecule has 62 heavy (non-hydrogen) atoms. The fourth-order valence-corrected chi connectivity index (χ4v) is 11.0. The van der Waals surface area contributed by atoms with Crippen molar-refractivity contribution in [2.75, 3.05) is 32.8 Å². The van der Waals surface area contributed by atoms with Gasteiger partial charge in [-0.1, -0.05) is 42.5 Å². The van der Waals surface area contributed by atoms with Gasteiger partial charge in [0.05, 0.1) is 30.5 Å². The summed E-state index contributed by atoms with van der Waals surface area (Å²) in [6.45, 7) is 8.26. The summed E-state index contributed by atoms with van der Waals surface area (Å²) < 4.78 is 77.0. The van der Waals surface area contributed by atoms with Gasteiger partial charge >= 0.3 is 30.0 Å². The highest BCUT2D eigenvalue weighted by Crippen LogP contribution is 2.64. The van der Waals surface area contributed by atoms with Crippen molar-refractivity contribution in [2.24, 2.45) is 0 Å². The van der Waals surface area contributed by atoms with Crippen LogP contribution in [-0.2, 0) is 30.3 Å². The Hall–Kier alpha value is -6.03. The number of benzene rings is 3. The predicted octanol–water partition coefficient (Wildman–Crippen LogP) is 5.75. The maximum Gasteiger partial charge on any atom is 0.471 e. The number of carbonyl (C=O) groups is 4. The Morgan fingerprint density at radius 1 is 1.05 bits per heavy atom. The van der Waals surface area contributed by atoms with Gasteiger partial charge < -0.3 is 33.7 Å². The van der Waals surface area contributed by atoms with Crippen molar-refractivity contribution in [1.29, 1.82) is 5.26 Å². The first-order valence-electron chi connectivity index (χ1n) is 19.7. The average Bonchev–Trinajstić information content (AvgIpc) is 3.73. The minimum Gasteiger partial charge on any atom is -0.493 e. The summed E-state index contributed by atoms with van der Waals surface area (Å²) in [6.07, 6.45) is -0.414. The molecule has 14 nitrogen and oxygen atoms in total. The molecule has 0 spiro atoms. The molecule has 8 rings (SSSR count). The lowest BCUT2D eigenvalue weighted by atomic mass is 9.71. The maximum absolute atomic E-state index is 13.8. The van der Waals surface area contributed by atoms with Crippen LogP contribution in [0.3, 0.4) is 0 Å². The molecule has 1 amide bonds. The van der Waals surface area contributed by atoms with Gasteiger partial charge in [0, 0.05) is 59.6 Å². The van der Waals surface area contributed by atoms with Crippen molar-refractivity contribution in [2.45, 2.75) is 74.9 Å². The predicted molar refractivity (Wildman–Crippen MR) is 217 cm³/mol. The minimum atomic E-state index is -5.31. The number of nitrogens with zero attached hydrogens (tertiary/aromatic N) is 3. The van der Waals surface area contributed by atoms with Gasteiger partial charge in [-0.25, -0.2) is 9.59 Å². The molecule has 7 atom stereocenters. The zero-order chi connectivity index (χ0) is 44.2. The lowest BCUT2D eigenvalue weighted by molar-refractivity contribution is -0.176. The highest BCUT2D eigenvalue weighted by atomic mass is 32.2. The van der Waals surface area contributed by atoms with Crippen LogP contribution in [0.5, 0.6) is 28.7 Å². The molecule has 0 radical (unpaired) electrons. The van der Waals surface area contributed by atoms with Crippen LogP contribution in [0.25, 0.3) is 6.08 Å². The Kier molecular flexibility index (Phi) is 11.5. The number of hydrogen-bond acceptors (Lipinski definition) is 14. The van der Waals surface area contributed by atoms with Crippen molar-refractivity contribution < 1.29 is 60.8 Å². The molecule has 3 aromatic rings. The van der Waals surface area contributed by atoms with E-state index in [1.165, 1.54) is 20.1 Å². The van der Waals surface area contributed by atoms with Gasteiger partial charge in [-0.3, -0.25) is 19.4 Å². The zero-order valence-electron chi connectivity index (χ0n) is 33.9. The SMILES string of the molecule is C=CCN1[C@@H]2Cc3cc(C)c(OC)c(OC(=O)/C=C/c4ccccc4)c3[C@H]1C1[C@@H]3SCC(NC(=O)C(F)(F)F)C(=O)OC[C@@H](c4c5c(c(C)c(OC(C)=O)c43)OCO5)N1[C@H]2C#N. The van der Waals surface area contributed by atoms with E-state index in [1.54, 1.807) is 24.4 Å². The van der Waals surface area contributed by atoms with Gasteiger partial charge in [0.15, 0.2) is 23.0 Å². The van der Waals surface area contributed by atoms with Gasteiger partial charge in [-0.05, 0) is 43.0 Å². The number of piperazine rings is 1. The zero-order valence-corrected chi connectivity index (χ0v) is 34.8. The third-order valence-corrected chi connectivity index (χ3v) is 13.2. The number of rotatable bonds is 8. The van der Waals surface area contributed by atoms with Crippen LogP contribution in [0.1, 0.15) is 63.2 Å². The summed E-state index contributed by atoms with van der Waals surface area (Å²) in [5.74, 6) is -4.24. The van der Waals surface area contributed by atoms with E-state index in [2.05, 4.69) is 17.5 Å². The van der Waals surface area contributed by atoms with E-state index in [-0.39, 0.29) is 42.1 Å². The number of ether oxygens (including phenoxy) is 6. The topological polar surface area (TPSA) is 166 Å². The first-order valence-corrected chi connectivity index (χ1v) is 20.7. The second-order valence-corrected chi connectivity index (χ2v) is 16.5. The fourth-order valence-electron chi connectivity index (χ4n) is 9.50. The summed E-state index contributed by atoms with van der Waals surface area (Å²) in [6, 6.07) is 7.69. The highest BCUT2D eigenvalue weighted by molar-refractivity contribution is 7.99. The summed E-state index contributed by atoms with van der Waals surface area (Å²) in [5.41, 5.74) is 3.94. The van der Waals surface area contributed by atoms with Crippen LogP contribution < -0.4 is 29.0 Å². The molecule has 5 aliphatic rings. The molecule has 0 aromatic heterocycles. The summed E-state index contributed by atoms with van der Waals surface area (Å²) in [4.78, 5) is 56.8. The van der Waals surface area contributed by atoms with Crippen molar-refractivity contribution in [1.82, 2.24) is 15.1 Å². The molecule has 18 heteroatoms. The minimum absolute atomic E-state index is 0.0998. The molecule has 2 fully saturated rings. The number of aryl methyl sites for hydroxylation is 1. The molecule has 3 aromatic carbocycles. The number of carbonyl (C=O) groups excluding carboxylic acids is 4. The number of cyclic esters (lactones) is 1. The van der Waals surface area contributed by atoms with Gasteiger partial charge in [-0.15, -0.1) is 18.3 Å². The first kappa shape index (κ1) is 42.7. The second kappa shape index (κ2) is 16.7. The summed E-state index contributed by atoms with van der Waals surface area (Å²) in [7, 11) is 1.45. The van der Waals surface area contributed by atoms with Gasteiger partial charge in [0.2, 0.25) is 6.79 Å². The number of methoxy groups -OCH3 is 1. The van der Waals surface area contributed by atoms with E-state index in [9.17, 15) is 37.6 Å². The van der Waals surface area contributed by atoms with Crippen LogP contribution in [0, 0.1) is 25.2 Å². The first-order chi connectivity index (χ1) is 29.7. The lowest BCUT2D eigenvalue weighted by Crippen LogP contribution is -2.70. The molecule has 0 saturated carbocycles. The van der Waals surface area contributed by atoms with Crippen molar-refractivity contribution >= 4 is 41.7 Å². The normalized spacial score (nSPS) is 25.1. The third kappa shape index (κ3) is 7.31. The van der Waals surface area contributed by atoms with E-state index in [1.807, 2.05) is 48.2 Å². The van der Waals surface area contributed by atoms with E-state index in [0.717, 1.165) is 22.9 Å². The Morgan fingerprint density at radius 2 is 1.79 bits per heavy atom. The van der Waals surface area contributed by atoms with E-state index in [0.29, 0.717) is 34.2 Å². The standard InChI is InChI=1S/C44H41F3N4O10S/c1-6-14-50-27-16-25-15-21(2)36(56-5)40(61-30(53)13-12-24-10-8-7-9-11-24)31(25)34(50)35-41-33-32(39-38(58-20-59-39)22(3)37(33)60-23(4)52)29(51(35)28(27)17-48)18-57-42(54)26(19-62-41)49-43(55)44(45,46)47/h6-13,15,26-29,34-35,41H,1,14,16,18-20H2,2-5H3,(H,49,55)/b13-12+/t26?,27-,28+,29+,34+,35?,41-/m1/s1. The highest BCUT2D eigenvalue weighted by Gasteiger charge is 2.61. The number of nitrogens with one attached hydrogen (secondary N) is 1. The number of esters is 3. The Bertz CT molecular complexity index is 2440. The number of thioether (sulfide) groups is 1. The Balaban J connectivity index is 1.39. The van der Waals surface area contributed by atoms with Crippen LogP contribution in [0.4, 0.5) is 13.2 Å². The number of halogens is 3. The Labute approximate surface area is 358 Å². The quantitative estimate of drug-likeness (QED) is 0.126. The molecule has 1 N–H and O–H groups in total. The number of fused-ring (bicyclic) bond motifs is 9. The van der Waals surface area contributed by atoms with Crippen molar-refractivity contribution in [3.05, 3.63) is 94.1 Å². The van der Waals surface area contributed by atoms with E-state index >= 15 is 0 Å². The molecule has 324 valence electrons. The lowest BCUT2D eigenvalue weighted by Gasteiger charge is -2.62. The molecule has 4 bridgehead atoms. The molecule has 2 unspecified atom stereocenters. The number of alkyl halides is 3. The van der Waals surface area contributed by atoms with Crippen LogP contribution in [0.15, 0.2) is 55.1 Å². The third-order valence-electron chi connectivity index (χ3n) is 11.8. The average molecular weight is 875 g/mol. The monoisotopic (exact) mass is 874 g/mol. The molecule has 2 saturated heterocycles. The maximum atomic E-state index is 13.8. The molecule has 5 heterocycles. The fraction of sp³-hybridized carbons (Fsp3) is 0.386. The Morgan fingerprint density at radius 3 is 2.47 bits per heavy atom. The van der Waals surface area contributed by atoms with E-state index in [4.69, 9.17) is 28.4 Å². The molecule has 5 aliphatic heterocycles. The number of amides is 1. The number of nitriles is 1. The molecule has 0 aliphatic carbocycles.